The van der Waals surface area contributed by atoms with Gasteiger partial charge in [0.25, 0.3) is 0 Å². The normalized spacial score (nSPS) is 29.6. The summed E-state index contributed by atoms with van der Waals surface area (Å²) in [6, 6.07) is 3.68. The fourth-order valence-electron chi connectivity index (χ4n) is 6.49. The third-order valence-electron chi connectivity index (χ3n) is 8.78. The summed E-state index contributed by atoms with van der Waals surface area (Å²) in [7, 11) is -9.13. The number of alkyl halides is 7. The summed E-state index contributed by atoms with van der Waals surface area (Å²) in [5.74, 6) is -1.53. The molecule has 1 N–H and O–H groups in total. The number of likely N-dealkylation sites (tertiary alicyclic amines) is 1. The zero-order valence-electron chi connectivity index (χ0n) is 23.3. The number of fused-ring (bicyclic) bond motifs is 3. The maximum Gasteiger partial charge on any atom is 0.472 e. The number of halogens is 8. The van der Waals surface area contributed by atoms with E-state index in [1.54, 1.807) is 0 Å². The Morgan fingerprint density at radius 3 is 2.13 bits per heavy atom. The van der Waals surface area contributed by atoms with Gasteiger partial charge in [-0.05, 0) is 68.0 Å². The molecule has 2 atom stereocenters. The molecule has 248 valence electrons. The Morgan fingerprint density at radius 1 is 1.00 bits per heavy atom. The van der Waals surface area contributed by atoms with Crippen LogP contribution in [0.4, 0.5) is 35.1 Å². The number of phosphoric ester groups is 1. The van der Waals surface area contributed by atoms with Crippen molar-refractivity contribution in [2.75, 3.05) is 19.8 Å². The lowest BCUT2D eigenvalue weighted by Crippen LogP contribution is -2.54. The van der Waals surface area contributed by atoms with Crippen molar-refractivity contribution < 1.29 is 66.8 Å². The van der Waals surface area contributed by atoms with E-state index in [2.05, 4.69) is 0 Å². The van der Waals surface area contributed by atoms with E-state index in [9.17, 15) is 53.4 Å². The van der Waals surface area contributed by atoms with Crippen molar-refractivity contribution in [2.24, 2.45) is 5.41 Å². The quantitative estimate of drug-likeness (QED) is 0.243. The van der Waals surface area contributed by atoms with Crippen LogP contribution in [0, 0.1) is 11.2 Å². The highest BCUT2D eigenvalue weighted by Crippen LogP contribution is 2.57. The first-order chi connectivity index (χ1) is 20.6. The highest BCUT2D eigenvalue weighted by Gasteiger charge is 2.74. The van der Waals surface area contributed by atoms with Crippen LogP contribution in [0.3, 0.4) is 0 Å². The lowest BCUT2D eigenvalue weighted by Gasteiger charge is -2.41. The third kappa shape index (κ3) is 5.18. The van der Waals surface area contributed by atoms with Crippen LogP contribution in [-0.2, 0) is 45.1 Å². The zero-order chi connectivity index (χ0) is 33.4. The molecular weight excluding hydrogens is 665 g/mol. The van der Waals surface area contributed by atoms with Crippen molar-refractivity contribution in [1.82, 2.24) is 4.90 Å². The van der Waals surface area contributed by atoms with Crippen molar-refractivity contribution in [3.05, 3.63) is 65.0 Å². The molecular formula is C27H26F8NO7PS. The largest absolute Gasteiger partial charge is 0.472 e. The lowest BCUT2D eigenvalue weighted by atomic mass is 9.84. The lowest BCUT2D eigenvalue weighted by molar-refractivity contribution is -0.348. The topological polar surface area (TPSA) is 110 Å². The molecule has 1 amide bonds. The Kier molecular flexibility index (Phi) is 8.05. The van der Waals surface area contributed by atoms with Gasteiger partial charge in [0.2, 0.25) is 5.91 Å². The molecule has 2 aliphatic heterocycles. The van der Waals surface area contributed by atoms with Crippen molar-refractivity contribution >= 4 is 23.6 Å². The number of rotatable bonds is 4. The minimum atomic E-state index is -6.40. The van der Waals surface area contributed by atoms with E-state index in [4.69, 9.17) is 9.05 Å². The summed E-state index contributed by atoms with van der Waals surface area (Å²) < 4.78 is 159. The molecule has 1 aliphatic carbocycles. The average molecular weight is 692 g/mol. The molecule has 18 heteroatoms. The highest BCUT2D eigenvalue weighted by molar-refractivity contribution is 7.92. The molecule has 0 radical (unpaired) electrons. The number of hydrogen-bond donors (Lipinski definition) is 1. The van der Waals surface area contributed by atoms with Crippen LogP contribution < -0.4 is 0 Å². The van der Waals surface area contributed by atoms with Gasteiger partial charge in [0.1, 0.15) is 10.6 Å². The number of carbonyl (C=O) groups excluding carboxylic acids is 1. The summed E-state index contributed by atoms with van der Waals surface area (Å²) in [4.78, 5) is 24.3. The van der Waals surface area contributed by atoms with Crippen LogP contribution in [0.1, 0.15) is 42.9 Å². The predicted molar refractivity (Wildman–Crippen MR) is 139 cm³/mol. The molecule has 2 saturated heterocycles. The van der Waals surface area contributed by atoms with Crippen LogP contribution in [0.2, 0.25) is 0 Å². The van der Waals surface area contributed by atoms with E-state index in [-0.39, 0.29) is 49.4 Å². The maximum absolute atomic E-state index is 15.1. The Balaban J connectivity index is 1.70. The highest BCUT2D eigenvalue weighted by atomic mass is 32.2. The monoisotopic (exact) mass is 691 g/mol. The Labute approximate surface area is 251 Å². The summed E-state index contributed by atoms with van der Waals surface area (Å²) >= 11 is 0. The van der Waals surface area contributed by atoms with E-state index < -0.39 is 87.3 Å². The first kappa shape index (κ1) is 33.8. The first-order valence-electron chi connectivity index (χ1n) is 13.5. The van der Waals surface area contributed by atoms with Crippen LogP contribution >= 0.6 is 7.82 Å². The Hall–Kier alpha value is -2.59. The molecule has 3 aliphatic rings. The van der Waals surface area contributed by atoms with Crippen molar-refractivity contribution in [3.8, 4) is 0 Å². The van der Waals surface area contributed by atoms with Gasteiger partial charge in [-0.2, -0.15) is 26.3 Å². The fraction of sp³-hybridized carbons (Fsp3) is 0.519. The van der Waals surface area contributed by atoms with E-state index in [0.717, 1.165) is 30.3 Å². The number of benzene rings is 2. The number of amides is 1. The van der Waals surface area contributed by atoms with Crippen molar-refractivity contribution in [2.45, 2.75) is 66.3 Å². The Morgan fingerprint density at radius 2 is 1.58 bits per heavy atom. The summed E-state index contributed by atoms with van der Waals surface area (Å²) in [6.07, 6.45) is -13.6. The first-order valence-corrected chi connectivity index (χ1v) is 16.5. The van der Waals surface area contributed by atoms with Gasteiger partial charge in [-0.1, -0.05) is 18.2 Å². The van der Waals surface area contributed by atoms with Gasteiger partial charge in [-0.15, -0.1) is 0 Å². The van der Waals surface area contributed by atoms with Gasteiger partial charge >= 0.3 is 25.8 Å². The molecule has 2 aromatic carbocycles. The number of nitrogens with zero attached hydrogens (tertiary/aromatic N) is 1. The summed E-state index contributed by atoms with van der Waals surface area (Å²) in [5.41, 5.74) is -9.62. The molecule has 0 saturated carbocycles. The van der Waals surface area contributed by atoms with Gasteiger partial charge in [0.05, 0.1) is 29.6 Å². The molecule has 2 fully saturated rings. The number of sulfone groups is 1. The summed E-state index contributed by atoms with van der Waals surface area (Å²) in [5, 5.41) is 0. The second-order valence-corrected chi connectivity index (χ2v) is 15.3. The van der Waals surface area contributed by atoms with E-state index >= 15 is 4.39 Å². The number of carbonyl (C=O) groups is 1. The molecule has 2 heterocycles. The maximum atomic E-state index is 15.1. The van der Waals surface area contributed by atoms with E-state index in [1.807, 2.05) is 0 Å². The summed E-state index contributed by atoms with van der Waals surface area (Å²) in [6.45, 7) is -0.0629. The van der Waals surface area contributed by atoms with Gasteiger partial charge < -0.3 is 9.79 Å². The minimum Gasteiger partial charge on any atom is -0.337 e. The van der Waals surface area contributed by atoms with Crippen molar-refractivity contribution in [3.63, 3.8) is 0 Å². The predicted octanol–water partition coefficient (Wildman–Crippen LogP) is 5.88. The number of aryl methyl sites for hydroxylation is 1. The Bertz CT molecular complexity index is 1640. The third-order valence-corrected chi connectivity index (χ3v) is 12.2. The smallest absolute Gasteiger partial charge is 0.337 e. The molecule has 8 nitrogen and oxygen atoms in total. The van der Waals surface area contributed by atoms with Gasteiger partial charge in [-0.25, -0.2) is 21.8 Å². The van der Waals surface area contributed by atoms with Crippen molar-refractivity contribution in [1.29, 1.82) is 0 Å². The van der Waals surface area contributed by atoms with Gasteiger partial charge in [0.15, 0.2) is 9.84 Å². The SMILES string of the molecule is CC1(C(=O)N2CC[C@]3(S(=O)(=O)c4ccc(F)cc4)c4ccc(C(F)(C(F)(F)F)C(F)(F)F)cc4CCC[C@H]23)COP(=O)(O)OC1. The molecule has 2 aromatic rings. The van der Waals surface area contributed by atoms with Crippen LogP contribution in [0.25, 0.3) is 0 Å². The number of hydrogen-bond acceptors (Lipinski definition) is 6. The minimum absolute atomic E-state index is 0.0293. The molecule has 0 unspecified atom stereocenters. The zero-order valence-corrected chi connectivity index (χ0v) is 25.0. The molecule has 5 rings (SSSR count). The van der Waals surface area contributed by atoms with E-state index in [1.165, 1.54) is 11.8 Å². The molecule has 0 spiro atoms. The second-order valence-electron chi connectivity index (χ2n) is 11.6. The van der Waals surface area contributed by atoms with Crippen LogP contribution in [-0.4, -0.2) is 62.3 Å². The average Bonchev–Trinajstić information content (AvgIpc) is 3.25. The van der Waals surface area contributed by atoms with E-state index in [0.29, 0.717) is 6.07 Å². The van der Waals surface area contributed by atoms with Gasteiger partial charge in [-0.3, -0.25) is 13.8 Å². The fourth-order valence-corrected chi connectivity index (χ4v) is 9.83. The molecule has 0 aromatic heterocycles. The van der Waals surface area contributed by atoms with Crippen LogP contribution in [0.5, 0.6) is 0 Å². The second kappa shape index (κ2) is 10.7. The van der Waals surface area contributed by atoms with Gasteiger partial charge in [0, 0.05) is 12.1 Å². The standard InChI is InChI=1S/C27H26F8NO7PS/c1-23(14-42-44(38,39)43-15-23)22(37)36-12-11-24(45(40,41)19-8-6-18(28)7-9-19)20-10-5-17(13-16(20)3-2-4-21(24)36)25(29,26(30,31)32)27(33,34)35/h5-10,13,21H,2-4,11-12,14-15H2,1H3,(H,38,39)/t21-,24-/m0/s1. The number of phosphoric acid groups is 1. The molecule has 45 heavy (non-hydrogen) atoms. The molecule has 0 bridgehead atoms. The van der Waals surface area contributed by atoms with Crippen LogP contribution in [0.15, 0.2) is 47.4 Å².